The minimum absolute atomic E-state index is 0.00237. The second-order valence-electron chi connectivity index (χ2n) is 7.78. The molecule has 2 aromatic rings. The molecule has 162 valence electrons. The van der Waals surface area contributed by atoms with Crippen LogP contribution in [0, 0.1) is 17.5 Å². The molecule has 0 saturated carbocycles. The van der Waals surface area contributed by atoms with Gasteiger partial charge in [-0.25, -0.2) is 21.8 Å². The van der Waals surface area contributed by atoms with Gasteiger partial charge in [0.15, 0.2) is 5.82 Å². The SMILES string of the molecule is CC1CN(CCN2c3c(F)cccc3N(c3ccc(F)cc3F)S2(=O)=O)CC(C)N1. The molecule has 0 radical (unpaired) electrons. The van der Waals surface area contributed by atoms with Crippen LogP contribution in [0.25, 0.3) is 0 Å². The van der Waals surface area contributed by atoms with Gasteiger partial charge in [0.2, 0.25) is 0 Å². The molecule has 2 aliphatic rings. The molecule has 2 heterocycles. The molecule has 1 saturated heterocycles. The first-order valence-electron chi connectivity index (χ1n) is 9.73. The molecular formula is C20H23F3N4O2S. The van der Waals surface area contributed by atoms with Crippen molar-refractivity contribution in [2.75, 3.05) is 34.8 Å². The molecule has 6 nitrogen and oxygen atoms in total. The van der Waals surface area contributed by atoms with Gasteiger partial charge in [-0.1, -0.05) is 6.07 Å². The zero-order valence-electron chi connectivity index (χ0n) is 16.6. The number of benzene rings is 2. The minimum atomic E-state index is -4.30. The van der Waals surface area contributed by atoms with Gasteiger partial charge in [-0.05, 0) is 38.1 Å². The maximum absolute atomic E-state index is 14.7. The van der Waals surface area contributed by atoms with Gasteiger partial charge in [0.1, 0.15) is 17.3 Å². The summed E-state index contributed by atoms with van der Waals surface area (Å²) in [5.74, 6) is -2.59. The number of nitrogens with zero attached hydrogens (tertiary/aromatic N) is 3. The fourth-order valence-electron chi connectivity index (χ4n) is 4.24. The third kappa shape index (κ3) is 3.63. The molecule has 0 aliphatic carbocycles. The molecule has 0 bridgehead atoms. The van der Waals surface area contributed by atoms with Crippen LogP contribution in [0.2, 0.25) is 0 Å². The minimum Gasteiger partial charge on any atom is -0.309 e. The van der Waals surface area contributed by atoms with E-state index in [1.807, 2.05) is 13.8 Å². The van der Waals surface area contributed by atoms with Crippen molar-refractivity contribution in [1.29, 1.82) is 0 Å². The van der Waals surface area contributed by atoms with E-state index in [0.717, 1.165) is 33.8 Å². The number of piperazine rings is 1. The lowest BCUT2D eigenvalue weighted by Crippen LogP contribution is -2.55. The number of anilines is 3. The number of hydrogen-bond donors (Lipinski definition) is 1. The normalized spacial score (nSPS) is 23.6. The first kappa shape index (κ1) is 21.0. The lowest BCUT2D eigenvalue weighted by atomic mass is 10.1. The summed E-state index contributed by atoms with van der Waals surface area (Å²) in [7, 11) is -4.30. The van der Waals surface area contributed by atoms with E-state index >= 15 is 0 Å². The van der Waals surface area contributed by atoms with Crippen molar-refractivity contribution in [3.05, 3.63) is 53.8 Å². The third-order valence-electron chi connectivity index (χ3n) is 5.32. The Morgan fingerprint density at radius 3 is 2.33 bits per heavy atom. The van der Waals surface area contributed by atoms with Crippen LogP contribution in [0.3, 0.4) is 0 Å². The second kappa shape index (κ2) is 7.75. The van der Waals surface area contributed by atoms with Crippen LogP contribution in [0.4, 0.5) is 30.2 Å². The topological polar surface area (TPSA) is 55.9 Å². The van der Waals surface area contributed by atoms with Crippen molar-refractivity contribution in [1.82, 2.24) is 10.2 Å². The average Bonchev–Trinajstić information content (AvgIpc) is 2.87. The molecule has 0 aromatic heterocycles. The lowest BCUT2D eigenvalue weighted by molar-refractivity contribution is 0.178. The summed E-state index contributed by atoms with van der Waals surface area (Å²) in [5, 5.41) is 3.40. The summed E-state index contributed by atoms with van der Waals surface area (Å²) >= 11 is 0. The Morgan fingerprint density at radius 1 is 0.967 bits per heavy atom. The smallest absolute Gasteiger partial charge is 0.309 e. The lowest BCUT2D eigenvalue weighted by Gasteiger charge is -2.36. The highest BCUT2D eigenvalue weighted by atomic mass is 32.2. The first-order chi connectivity index (χ1) is 14.2. The highest BCUT2D eigenvalue weighted by molar-refractivity contribution is 7.95. The molecule has 2 unspecified atom stereocenters. The average molecular weight is 440 g/mol. The highest BCUT2D eigenvalue weighted by Crippen LogP contribution is 2.47. The van der Waals surface area contributed by atoms with Crippen LogP contribution < -0.4 is 13.9 Å². The Labute approximate surface area is 174 Å². The van der Waals surface area contributed by atoms with Gasteiger partial charge in [0.05, 0.1) is 11.4 Å². The van der Waals surface area contributed by atoms with Crippen molar-refractivity contribution in [2.24, 2.45) is 0 Å². The number of halogens is 3. The monoisotopic (exact) mass is 440 g/mol. The molecule has 2 aromatic carbocycles. The van der Waals surface area contributed by atoms with Crippen LogP contribution in [0.1, 0.15) is 13.8 Å². The Bertz CT molecular complexity index is 1060. The van der Waals surface area contributed by atoms with Gasteiger partial charge >= 0.3 is 10.2 Å². The van der Waals surface area contributed by atoms with E-state index in [0.29, 0.717) is 12.6 Å². The van der Waals surface area contributed by atoms with Crippen LogP contribution in [-0.4, -0.2) is 51.6 Å². The number of fused-ring (bicyclic) bond motifs is 1. The molecule has 1 fully saturated rings. The summed E-state index contributed by atoms with van der Waals surface area (Å²) in [6.45, 7) is 5.96. The molecule has 1 N–H and O–H groups in total. The molecule has 30 heavy (non-hydrogen) atoms. The van der Waals surface area contributed by atoms with E-state index in [2.05, 4.69) is 10.2 Å². The summed E-state index contributed by atoms with van der Waals surface area (Å²) in [6, 6.07) is 7.06. The van der Waals surface area contributed by atoms with E-state index in [9.17, 15) is 21.6 Å². The number of nitrogens with one attached hydrogen (secondary N) is 1. The largest absolute Gasteiger partial charge is 0.331 e. The highest BCUT2D eigenvalue weighted by Gasteiger charge is 2.44. The van der Waals surface area contributed by atoms with Crippen molar-refractivity contribution in [3.8, 4) is 0 Å². The number of rotatable bonds is 4. The van der Waals surface area contributed by atoms with E-state index < -0.39 is 27.7 Å². The quantitative estimate of drug-likeness (QED) is 0.794. The van der Waals surface area contributed by atoms with Crippen LogP contribution in [0.5, 0.6) is 0 Å². The molecule has 0 spiro atoms. The van der Waals surface area contributed by atoms with Crippen molar-refractivity contribution >= 4 is 27.3 Å². The molecule has 2 atom stereocenters. The van der Waals surface area contributed by atoms with Crippen LogP contribution in [0.15, 0.2) is 36.4 Å². The predicted molar refractivity (Wildman–Crippen MR) is 110 cm³/mol. The Balaban J connectivity index is 1.70. The molecule has 10 heteroatoms. The maximum atomic E-state index is 14.7. The van der Waals surface area contributed by atoms with Gasteiger partial charge in [-0.3, -0.25) is 4.90 Å². The van der Waals surface area contributed by atoms with E-state index in [1.165, 1.54) is 18.2 Å². The summed E-state index contributed by atoms with van der Waals surface area (Å²) in [5.41, 5.74) is -0.477. The Morgan fingerprint density at radius 2 is 1.67 bits per heavy atom. The van der Waals surface area contributed by atoms with Crippen molar-refractivity contribution in [3.63, 3.8) is 0 Å². The third-order valence-corrected chi connectivity index (χ3v) is 7.10. The summed E-state index contributed by atoms with van der Waals surface area (Å²) < 4.78 is 70.9. The van der Waals surface area contributed by atoms with E-state index in [4.69, 9.17) is 0 Å². The van der Waals surface area contributed by atoms with Crippen LogP contribution >= 0.6 is 0 Å². The zero-order valence-corrected chi connectivity index (χ0v) is 17.5. The molecular weight excluding hydrogens is 417 g/mol. The molecule has 4 rings (SSSR count). The molecule has 0 amide bonds. The zero-order chi connectivity index (χ0) is 21.6. The first-order valence-corrected chi connectivity index (χ1v) is 11.1. The summed E-state index contributed by atoms with van der Waals surface area (Å²) in [6.07, 6.45) is 0. The van der Waals surface area contributed by atoms with Gasteiger partial charge in [-0.15, -0.1) is 0 Å². The molecule has 2 aliphatic heterocycles. The van der Waals surface area contributed by atoms with Crippen LogP contribution in [-0.2, 0) is 10.2 Å². The fraction of sp³-hybridized carbons (Fsp3) is 0.400. The van der Waals surface area contributed by atoms with E-state index in [1.54, 1.807) is 0 Å². The van der Waals surface area contributed by atoms with E-state index in [-0.39, 0.29) is 35.7 Å². The van der Waals surface area contributed by atoms with Gasteiger partial charge in [0, 0.05) is 44.3 Å². The Hall–Kier alpha value is -2.30. The summed E-state index contributed by atoms with van der Waals surface area (Å²) in [4.78, 5) is 2.11. The van der Waals surface area contributed by atoms with Crippen molar-refractivity contribution in [2.45, 2.75) is 25.9 Å². The standard InChI is InChI=1S/C20H23F3N4O2S/c1-13-11-25(12-14(2)24-13)8-9-26-20-16(22)4-3-5-19(20)27(30(26,28)29)18-7-6-15(21)10-17(18)23/h3-7,10,13-14,24H,8-9,11-12H2,1-2H3. The van der Waals surface area contributed by atoms with Crippen molar-refractivity contribution < 1.29 is 21.6 Å². The fourth-order valence-corrected chi connectivity index (χ4v) is 5.95. The van der Waals surface area contributed by atoms with Gasteiger partial charge in [0.25, 0.3) is 0 Å². The van der Waals surface area contributed by atoms with Gasteiger partial charge in [-0.2, -0.15) is 8.42 Å². The number of para-hydroxylation sites is 1. The number of hydrogen-bond acceptors (Lipinski definition) is 4. The predicted octanol–water partition coefficient (Wildman–Crippen LogP) is 2.99. The maximum Gasteiger partial charge on any atom is 0.331 e. The second-order valence-corrected chi connectivity index (χ2v) is 9.48. The van der Waals surface area contributed by atoms with Gasteiger partial charge < -0.3 is 5.32 Å². The Kier molecular flexibility index (Phi) is 5.41.